The number of nitrogen functional groups attached to an aromatic ring is 2. The van der Waals surface area contributed by atoms with Crippen molar-refractivity contribution < 1.29 is 0 Å². The maximum Gasteiger partial charge on any atom is 0.0991 e. The molecule has 0 aliphatic rings. The molecular formula is C13H12N4. The van der Waals surface area contributed by atoms with Crippen LogP contribution in [0.15, 0.2) is 42.5 Å². The summed E-state index contributed by atoms with van der Waals surface area (Å²) >= 11 is 0. The molecule has 17 heavy (non-hydrogen) atoms. The zero-order valence-corrected chi connectivity index (χ0v) is 9.14. The predicted octanol–water partition coefficient (Wildman–Crippen LogP) is 2.47. The highest BCUT2D eigenvalue weighted by molar-refractivity contribution is 5.72. The monoisotopic (exact) mass is 224 g/mol. The highest BCUT2D eigenvalue weighted by atomic mass is 14.9. The van der Waals surface area contributed by atoms with Crippen LogP contribution in [0.25, 0.3) is 0 Å². The van der Waals surface area contributed by atoms with Crippen LogP contribution < -0.4 is 16.8 Å². The second-order valence-corrected chi connectivity index (χ2v) is 3.66. The Hall–Kier alpha value is -2.67. The van der Waals surface area contributed by atoms with Gasteiger partial charge in [0.05, 0.1) is 23.0 Å². The van der Waals surface area contributed by atoms with Gasteiger partial charge >= 0.3 is 0 Å². The van der Waals surface area contributed by atoms with Crippen molar-refractivity contribution in [3.63, 3.8) is 0 Å². The smallest absolute Gasteiger partial charge is 0.0991 e. The Kier molecular flexibility index (Phi) is 2.84. The number of anilines is 4. The summed E-state index contributed by atoms with van der Waals surface area (Å²) in [6, 6.07) is 14.6. The average molecular weight is 224 g/mol. The van der Waals surface area contributed by atoms with E-state index in [1.54, 1.807) is 24.3 Å². The fourth-order valence-corrected chi connectivity index (χ4v) is 1.45. The Morgan fingerprint density at radius 1 is 0.882 bits per heavy atom. The lowest BCUT2D eigenvalue weighted by Gasteiger charge is -2.08. The minimum Gasteiger partial charge on any atom is -0.397 e. The third kappa shape index (κ3) is 2.47. The molecule has 0 saturated carbocycles. The van der Waals surface area contributed by atoms with Crippen LogP contribution in [-0.2, 0) is 0 Å². The standard InChI is InChI=1S/C13H12N4/c14-8-9-1-3-10(4-2-9)17-11-5-6-12(15)13(16)7-11/h1-7,17H,15-16H2. The summed E-state index contributed by atoms with van der Waals surface area (Å²) in [5, 5.41) is 11.9. The van der Waals surface area contributed by atoms with Crippen molar-refractivity contribution in [2.75, 3.05) is 16.8 Å². The van der Waals surface area contributed by atoms with E-state index in [0.717, 1.165) is 11.4 Å². The van der Waals surface area contributed by atoms with Crippen LogP contribution >= 0.6 is 0 Å². The maximum atomic E-state index is 8.68. The summed E-state index contributed by atoms with van der Waals surface area (Å²) in [4.78, 5) is 0. The fourth-order valence-electron chi connectivity index (χ4n) is 1.45. The minimum absolute atomic E-state index is 0.545. The van der Waals surface area contributed by atoms with E-state index in [1.165, 1.54) is 0 Å². The highest BCUT2D eigenvalue weighted by Crippen LogP contribution is 2.23. The lowest BCUT2D eigenvalue weighted by Crippen LogP contribution is -1.96. The second kappa shape index (κ2) is 4.45. The summed E-state index contributed by atoms with van der Waals surface area (Å²) in [6.07, 6.45) is 0. The summed E-state index contributed by atoms with van der Waals surface area (Å²) < 4.78 is 0. The molecular weight excluding hydrogens is 212 g/mol. The van der Waals surface area contributed by atoms with Crippen LogP contribution in [0.4, 0.5) is 22.7 Å². The largest absolute Gasteiger partial charge is 0.397 e. The maximum absolute atomic E-state index is 8.68. The predicted molar refractivity (Wildman–Crippen MR) is 69.7 cm³/mol. The highest BCUT2D eigenvalue weighted by Gasteiger charge is 1.98. The van der Waals surface area contributed by atoms with E-state index in [2.05, 4.69) is 11.4 Å². The van der Waals surface area contributed by atoms with Gasteiger partial charge in [-0.15, -0.1) is 0 Å². The first kappa shape index (κ1) is 10.8. The Labute approximate surface area is 99.5 Å². The van der Waals surface area contributed by atoms with E-state index in [0.29, 0.717) is 16.9 Å². The summed E-state index contributed by atoms with van der Waals surface area (Å²) in [6.45, 7) is 0. The van der Waals surface area contributed by atoms with Crippen molar-refractivity contribution in [2.24, 2.45) is 0 Å². The molecule has 0 radical (unpaired) electrons. The van der Waals surface area contributed by atoms with Crippen molar-refractivity contribution >= 4 is 22.7 Å². The van der Waals surface area contributed by atoms with Gasteiger partial charge in [-0.1, -0.05) is 0 Å². The van der Waals surface area contributed by atoms with Crippen LogP contribution in [0.3, 0.4) is 0 Å². The molecule has 0 unspecified atom stereocenters. The number of rotatable bonds is 2. The van der Waals surface area contributed by atoms with Crippen molar-refractivity contribution in [1.29, 1.82) is 5.26 Å². The Bertz CT molecular complexity index is 567. The molecule has 0 amide bonds. The van der Waals surface area contributed by atoms with Crippen molar-refractivity contribution in [1.82, 2.24) is 0 Å². The summed E-state index contributed by atoms with van der Waals surface area (Å²) in [5.41, 5.74) is 14.8. The van der Waals surface area contributed by atoms with E-state index in [-0.39, 0.29) is 0 Å². The van der Waals surface area contributed by atoms with E-state index in [1.807, 2.05) is 18.2 Å². The Morgan fingerprint density at radius 3 is 2.12 bits per heavy atom. The van der Waals surface area contributed by atoms with Crippen molar-refractivity contribution in [3.8, 4) is 6.07 Å². The van der Waals surface area contributed by atoms with Gasteiger partial charge in [0.1, 0.15) is 0 Å². The lowest BCUT2D eigenvalue weighted by atomic mass is 10.2. The lowest BCUT2D eigenvalue weighted by molar-refractivity contribution is 1.47. The number of nitrogens with zero attached hydrogens (tertiary/aromatic N) is 1. The van der Waals surface area contributed by atoms with Gasteiger partial charge in [-0.05, 0) is 42.5 Å². The van der Waals surface area contributed by atoms with Crippen LogP contribution in [0.5, 0.6) is 0 Å². The molecule has 2 aromatic rings. The van der Waals surface area contributed by atoms with Crippen LogP contribution in [0.1, 0.15) is 5.56 Å². The first-order valence-electron chi connectivity index (χ1n) is 5.11. The molecule has 0 atom stereocenters. The van der Waals surface area contributed by atoms with Gasteiger partial charge < -0.3 is 16.8 Å². The second-order valence-electron chi connectivity index (χ2n) is 3.66. The topological polar surface area (TPSA) is 87.9 Å². The molecule has 0 fully saturated rings. The minimum atomic E-state index is 0.545. The van der Waals surface area contributed by atoms with Gasteiger partial charge in [0.25, 0.3) is 0 Å². The molecule has 4 nitrogen and oxygen atoms in total. The number of nitrogens with one attached hydrogen (secondary N) is 1. The van der Waals surface area contributed by atoms with Gasteiger partial charge in [0.2, 0.25) is 0 Å². The van der Waals surface area contributed by atoms with Gasteiger partial charge in [-0.25, -0.2) is 0 Å². The van der Waals surface area contributed by atoms with E-state index >= 15 is 0 Å². The van der Waals surface area contributed by atoms with Gasteiger partial charge in [-0.2, -0.15) is 5.26 Å². The van der Waals surface area contributed by atoms with Crippen LogP contribution in [0, 0.1) is 11.3 Å². The normalized spacial score (nSPS) is 9.59. The van der Waals surface area contributed by atoms with Gasteiger partial charge in [-0.3, -0.25) is 0 Å². The van der Waals surface area contributed by atoms with Gasteiger partial charge in [0.15, 0.2) is 0 Å². The summed E-state index contributed by atoms with van der Waals surface area (Å²) in [5.74, 6) is 0. The third-order valence-electron chi connectivity index (χ3n) is 2.39. The number of nitriles is 1. The molecule has 5 N–H and O–H groups in total. The van der Waals surface area contributed by atoms with E-state index in [9.17, 15) is 0 Å². The molecule has 0 spiro atoms. The first-order chi connectivity index (χ1) is 8.19. The van der Waals surface area contributed by atoms with Gasteiger partial charge in [0, 0.05) is 11.4 Å². The van der Waals surface area contributed by atoms with E-state index < -0.39 is 0 Å². The Balaban J connectivity index is 2.20. The number of hydrogen-bond donors (Lipinski definition) is 3. The van der Waals surface area contributed by atoms with Crippen LogP contribution in [0.2, 0.25) is 0 Å². The number of nitrogens with two attached hydrogens (primary N) is 2. The molecule has 4 heteroatoms. The van der Waals surface area contributed by atoms with Crippen LogP contribution in [-0.4, -0.2) is 0 Å². The molecule has 0 bridgehead atoms. The fraction of sp³-hybridized carbons (Fsp3) is 0. The van der Waals surface area contributed by atoms with Crippen molar-refractivity contribution in [2.45, 2.75) is 0 Å². The van der Waals surface area contributed by atoms with Crippen molar-refractivity contribution in [3.05, 3.63) is 48.0 Å². The molecule has 0 heterocycles. The average Bonchev–Trinajstić information content (AvgIpc) is 2.35. The summed E-state index contributed by atoms with van der Waals surface area (Å²) in [7, 11) is 0. The molecule has 0 aromatic heterocycles. The van der Waals surface area contributed by atoms with E-state index in [4.69, 9.17) is 16.7 Å². The zero-order chi connectivity index (χ0) is 12.3. The molecule has 2 aromatic carbocycles. The first-order valence-corrected chi connectivity index (χ1v) is 5.11. The number of hydrogen-bond acceptors (Lipinski definition) is 4. The number of benzene rings is 2. The molecule has 0 aliphatic heterocycles. The molecule has 2 rings (SSSR count). The zero-order valence-electron chi connectivity index (χ0n) is 9.14. The SMILES string of the molecule is N#Cc1ccc(Nc2ccc(N)c(N)c2)cc1. The molecule has 0 saturated heterocycles. The molecule has 84 valence electrons. The quantitative estimate of drug-likeness (QED) is 0.684. The Morgan fingerprint density at radius 2 is 1.53 bits per heavy atom. The molecule has 0 aliphatic carbocycles. The third-order valence-corrected chi connectivity index (χ3v) is 2.39.